The smallest absolute Gasteiger partial charge is 0.344 e. The van der Waals surface area contributed by atoms with Gasteiger partial charge in [0, 0.05) is 23.3 Å². The fraction of sp³-hybridized carbons (Fsp3) is 0.368. The summed E-state index contributed by atoms with van der Waals surface area (Å²) in [4.78, 5) is 25.0. The molecule has 1 aromatic heterocycles. The Morgan fingerprint density at radius 3 is 2.72 bits per heavy atom. The molecule has 2 aromatic rings. The Morgan fingerprint density at radius 1 is 1.24 bits per heavy atom. The minimum absolute atomic E-state index is 0.132. The van der Waals surface area contributed by atoms with E-state index >= 15 is 0 Å². The molecule has 132 valence electrons. The Morgan fingerprint density at radius 2 is 2.00 bits per heavy atom. The molecule has 0 amide bonds. The highest BCUT2D eigenvalue weighted by atomic mass is 35.5. The number of pyridine rings is 1. The summed E-state index contributed by atoms with van der Waals surface area (Å²) in [5.74, 6) is -0.161. The van der Waals surface area contributed by atoms with Crippen LogP contribution in [0, 0.1) is 0 Å². The van der Waals surface area contributed by atoms with Crippen LogP contribution < -0.4 is 10.3 Å². The molecule has 0 saturated carbocycles. The van der Waals surface area contributed by atoms with Gasteiger partial charge in [0.1, 0.15) is 17.9 Å². The molecule has 25 heavy (non-hydrogen) atoms. The Bertz CT molecular complexity index is 827. The van der Waals surface area contributed by atoms with Gasteiger partial charge in [-0.15, -0.1) is 0 Å². The number of rotatable bonds is 5. The molecule has 6 heteroatoms. The lowest BCUT2D eigenvalue weighted by Gasteiger charge is -2.22. The number of halogens is 1. The van der Waals surface area contributed by atoms with Crippen molar-refractivity contribution in [2.24, 2.45) is 0 Å². The van der Waals surface area contributed by atoms with Gasteiger partial charge < -0.3 is 14.0 Å². The maximum Gasteiger partial charge on any atom is 0.344 e. The SMILES string of the molecule is CCOc1cc(=O)n2c(c1C(=O)OCc1ccc(Cl)cc1)CCCC2. The first-order chi connectivity index (χ1) is 12.1. The van der Waals surface area contributed by atoms with Crippen molar-refractivity contribution in [3.8, 4) is 5.75 Å². The van der Waals surface area contributed by atoms with E-state index in [1.54, 1.807) is 16.7 Å². The number of carbonyl (C=O) groups is 1. The molecule has 0 fully saturated rings. The molecule has 3 rings (SSSR count). The number of fused-ring (bicyclic) bond motifs is 1. The van der Waals surface area contributed by atoms with Gasteiger partial charge in [-0.2, -0.15) is 0 Å². The summed E-state index contributed by atoms with van der Waals surface area (Å²) in [6.45, 7) is 2.96. The Labute approximate surface area is 151 Å². The monoisotopic (exact) mass is 361 g/mol. The molecule has 0 atom stereocenters. The van der Waals surface area contributed by atoms with Gasteiger partial charge in [-0.1, -0.05) is 23.7 Å². The number of hydrogen-bond acceptors (Lipinski definition) is 4. The molecule has 1 aliphatic heterocycles. The first kappa shape index (κ1) is 17.5. The molecular formula is C19H20ClNO4. The number of benzene rings is 1. The summed E-state index contributed by atoms with van der Waals surface area (Å²) in [6, 6.07) is 8.51. The van der Waals surface area contributed by atoms with Crippen molar-refractivity contribution in [3.05, 3.63) is 62.5 Å². The Hall–Kier alpha value is -2.27. The molecule has 0 bridgehead atoms. The lowest BCUT2D eigenvalue weighted by molar-refractivity contribution is 0.0464. The molecule has 2 heterocycles. The lowest BCUT2D eigenvalue weighted by Crippen LogP contribution is -2.30. The van der Waals surface area contributed by atoms with Crippen LogP contribution in [0.15, 0.2) is 35.1 Å². The largest absolute Gasteiger partial charge is 0.493 e. The van der Waals surface area contributed by atoms with Crippen molar-refractivity contribution in [1.29, 1.82) is 0 Å². The molecule has 1 aliphatic rings. The van der Waals surface area contributed by atoms with Gasteiger partial charge >= 0.3 is 5.97 Å². The molecule has 5 nitrogen and oxygen atoms in total. The average Bonchev–Trinajstić information content (AvgIpc) is 2.61. The highest BCUT2D eigenvalue weighted by molar-refractivity contribution is 6.30. The average molecular weight is 362 g/mol. The van der Waals surface area contributed by atoms with Crippen LogP contribution in [0.2, 0.25) is 5.02 Å². The Balaban J connectivity index is 1.89. The zero-order valence-electron chi connectivity index (χ0n) is 14.1. The summed E-state index contributed by atoms with van der Waals surface area (Å²) in [6.07, 6.45) is 2.54. The van der Waals surface area contributed by atoms with Crippen molar-refractivity contribution < 1.29 is 14.3 Å². The summed E-state index contributed by atoms with van der Waals surface area (Å²) in [5.41, 5.74) is 1.79. The van der Waals surface area contributed by atoms with Crippen molar-refractivity contribution >= 4 is 17.6 Å². The van der Waals surface area contributed by atoms with E-state index in [1.165, 1.54) is 6.07 Å². The molecule has 0 radical (unpaired) electrons. The van der Waals surface area contributed by atoms with E-state index in [1.807, 2.05) is 19.1 Å². The third-order valence-corrected chi connectivity index (χ3v) is 4.47. The summed E-state index contributed by atoms with van der Waals surface area (Å²) >= 11 is 5.86. The van der Waals surface area contributed by atoms with Crippen molar-refractivity contribution in [2.75, 3.05) is 6.61 Å². The maximum atomic E-state index is 12.7. The predicted molar refractivity (Wildman–Crippen MR) is 95.4 cm³/mol. The molecule has 0 N–H and O–H groups in total. The van der Waals surface area contributed by atoms with E-state index in [0.717, 1.165) is 18.4 Å². The molecule has 0 spiro atoms. The van der Waals surface area contributed by atoms with Crippen molar-refractivity contribution in [2.45, 2.75) is 39.3 Å². The minimum atomic E-state index is -0.468. The van der Waals surface area contributed by atoms with Crippen LogP contribution in [0.4, 0.5) is 0 Å². The molecule has 1 aromatic carbocycles. The van der Waals surface area contributed by atoms with Crippen LogP contribution in [-0.4, -0.2) is 17.1 Å². The summed E-state index contributed by atoms with van der Waals surface area (Å²) < 4.78 is 12.7. The predicted octanol–water partition coefficient (Wildman–Crippen LogP) is 3.59. The van der Waals surface area contributed by atoms with Crippen LogP contribution in [0.3, 0.4) is 0 Å². The number of ether oxygens (including phenoxy) is 2. The van der Waals surface area contributed by atoms with Gasteiger partial charge in [-0.25, -0.2) is 4.79 Å². The van der Waals surface area contributed by atoms with Crippen LogP contribution >= 0.6 is 11.6 Å². The molecular weight excluding hydrogens is 342 g/mol. The van der Waals surface area contributed by atoms with E-state index in [4.69, 9.17) is 21.1 Å². The minimum Gasteiger partial charge on any atom is -0.493 e. The second-order valence-electron chi connectivity index (χ2n) is 5.91. The van der Waals surface area contributed by atoms with Gasteiger partial charge in [-0.3, -0.25) is 4.79 Å². The standard InChI is InChI=1S/C19H20ClNO4/c1-2-24-16-11-17(22)21-10-4-3-5-15(21)18(16)19(23)25-12-13-6-8-14(20)9-7-13/h6-9,11H,2-5,10,12H2,1H3. The third-order valence-electron chi connectivity index (χ3n) is 4.21. The quantitative estimate of drug-likeness (QED) is 0.763. The maximum absolute atomic E-state index is 12.7. The normalized spacial score (nSPS) is 13.2. The number of carbonyl (C=O) groups excluding carboxylic acids is 1. The fourth-order valence-electron chi connectivity index (χ4n) is 3.03. The van der Waals surface area contributed by atoms with Crippen LogP contribution in [0.1, 0.15) is 41.4 Å². The van der Waals surface area contributed by atoms with Gasteiger partial charge in [0.05, 0.1) is 6.61 Å². The zero-order chi connectivity index (χ0) is 17.8. The fourth-order valence-corrected chi connectivity index (χ4v) is 3.16. The topological polar surface area (TPSA) is 57.5 Å². The van der Waals surface area contributed by atoms with Crippen molar-refractivity contribution in [1.82, 2.24) is 4.57 Å². The van der Waals surface area contributed by atoms with Crippen LogP contribution in [0.25, 0.3) is 0 Å². The van der Waals surface area contributed by atoms with Gasteiger partial charge in [-0.05, 0) is 43.9 Å². The number of esters is 1. The summed E-state index contributed by atoms with van der Waals surface area (Å²) in [7, 11) is 0. The van der Waals surface area contributed by atoms with Gasteiger partial charge in [0.2, 0.25) is 0 Å². The molecule has 0 aliphatic carbocycles. The summed E-state index contributed by atoms with van der Waals surface area (Å²) in [5, 5.41) is 0.630. The second-order valence-corrected chi connectivity index (χ2v) is 6.35. The van der Waals surface area contributed by atoms with Crippen LogP contribution in [0.5, 0.6) is 5.75 Å². The first-order valence-electron chi connectivity index (χ1n) is 8.41. The van der Waals surface area contributed by atoms with E-state index in [2.05, 4.69) is 0 Å². The van der Waals surface area contributed by atoms with Gasteiger partial charge in [0.15, 0.2) is 0 Å². The van der Waals surface area contributed by atoms with E-state index in [9.17, 15) is 9.59 Å². The zero-order valence-corrected chi connectivity index (χ0v) is 14.8. The molecule has 0 unspecified atom stereocenters. The van der Waals surface area contributed by atoms with E-state index in [-0.39, 0.29) is 12.2 Å². The number of nitrogens with zero attached hydrogens (tertiary/aromatic N) is 1. The lowest BCUT2D eigenvalue weighted by atomic mass is 10.0. The third kappa shape index (κ3) is 3.87. The second kappa shape index (κ2) is 7.74. The highest BCUT2D eigenvalue weighted by Gasteiger charge is 2.25. The van der Waals surface area contributed by atoms with Crippen molar-refractivity contribution in [3.63, 3.8) is 0 Å². The number of aromatic nitrogens is 1. The Kier molecular flexibility index (Phi) is 5.43. The van der Waals surface area contributed by atoms with Gasteiger partial charge in [0.25, 0.3) is 5.56 Å². The van der Waals surface area contributed by atoms with E-state index in [0.29, 0.717) is 41.6 Å². The number of hydrogen-bond donors (Lipinski definition) is 0. The first-order valence-corrected chi connectivity index (χ1v) is 8.79. The highest BCUT2D eigenvalue weighted by Crippen LogP contribution is 2.26. The van der Waals surface area contributed by atoms with Crippen LogP contribution in [-0.2, 0) is 24.3 Å². The molecule has 0 saturated heterocycles. The van der Waals surface area contributed by atoms with E-state index < -0.39 is 5.97 Å².